The largest absolute Gasteiger partial charge is 0.458 e. The van der Waals surface area contributed by atoms with Gasteiger partial charge in [-0.2, -0.15) is 0 Å². The van der Waals surface area contributed by atoms with E-state index in [1.165, 1.54) is 12.1 Å². The van der Waals surface area contributed by atoms with Crippen LogP contribution in [0.2, 0.25) is 0 Å². The molecular formula is C18H21FN4O2. The third-order valence-corrected chi connectivity index (χ3v) is 3.90. The lowest BCUT2D eigenvalue weighted by atomic mass is 10.1. The van der Waals surface area contributed by atoms with Crippen molar-refractivity contribution in [2.24, 2.45) is 0 Å². The highest BCUT2D eigenvalue weighted by atomic mass is 19.1. The van der Waals surface area contributed by atoms with Crippen LogP contribution in [0.3, 0.4) is 0 Å². The molecular weight excluding hydrogens is 323 g/mol. The summed E-state index contributed by atoms with van der Waals surface area (Å²) in [5.74, 6) is 2.09. The Balaban J connectivity index is 2.10. The van der Waals surface area contributed by atoms with Crippen molar-refractivity contribution in [3.8, 4) is 11.6 Å². The van der Waals surface area contributed by atoms with E-state index in [0.717, 1.165) is 11.3 Å². The van der Waals surface area contributed by atoms with Gasteiger partial charge in [0.1, 0.15) is 17.4 Å². The van der Waals surface area contributed by atoms with Gasteiger partial charge in [-0.25, -0.2) is 14.1 Å². The predicted octanol–water partition coefficient (Wildman–Crippen LogP) is 2.63. The number of aryl methyl sites for hydroxylation is 1. The summed E-state index contributed by atoms with van der Waals surface area (Å²) in [6, 6.07) is 9.76. The lowest BCUT2D eigenvalue weighted by molar-refractivity contribution is 0.256. The van der Waals surface area contributed by atoms with E-state index >= 15 is 0 Å². The molecule has 0 saturated carbocycles. The van der Waals surface area contributed by atoms with Crippen molar-refractivity contribution in [3.63, 3.8) is 0 Å². The summed E-state index contributed by atoms with van der Waals surface area (Å²) < 4.78 is 21.0. The van der Waals surface area contributed by atoms with Crippen LogP contribution in [0.15, 0.2) is 40.8 Å². The summed E-state index contributed by atoms with van der Waals surface area (Å²) >= 11 is 0. The van der Waals surface area contributed by atoms with Gasteiger partial charge in [0.15, 0.2) is 5.76 Å². The number of benzene rings is 1. The summed E-state index contributed by atoms with van der Waals surface area (Å²) in [7, 11) is 3.79. The zero-order valence-corrected chi connectivity index (χ0v) is 14.5. The van der Waals surface area contributed by atoms with Gasteiger partial charge in [-0.3, -0.25) is 4.90 Å². The van der Waals surface area contributed by atoms with Gasteiger partial charge in [-0.05, 0) is 50.8 Å². The summed E-state index contributed by atoms with van der Waals surface area (Å²) in [6.07, 6.45) is 0. The van der Waals surface area contributed by atoms with E-state index in [1.54, 1.807) is 10.7 Å². The summed E-state index contributed by atoms with van der Waals surface area (Å²) in [4.78, 5) is 6.56. The van der Waals surface area contributed by atoms with Gasteiger partial charge in [0.2, 0.25) is 5.82 Å². The maximum Gasteiger partial charge on any atom is 0.217 e. The van der Waals surface area contributed by atoms with Crippen molar-refractivity contribution in [2.75, 3.05) is 20.7 Å². The van der Waals surface area contributed by atoms with E-state index in [-0.39, 0.29) is 18.5 Å². The number of halogens is 1. The van der Waals surface area contributed by atoms with E-state index < -0.39 is 0 Å². The second-order valence-electron chi connectivity index (χ2n) is 6.07. The molecule has 1 atom stereocenters. The fourth-order valence-electron chi connectivity index (χ4n) is 2.83. The van der Waals surface area contributed by atoms with Crippen LogP contribution in [0.4, 0.5) is 4.39 Å². The highest BCUT2D eigenvalue weighted by molar-refractivity contribution is 5.47. The Kier molecular flexibility index (Phi) is 4.96. The second kappa shape index (κ2) is 7.16. The second-order valence-corrected chi connectivity index (χ2v) is 6.07. The highest BCUT2D eigenvalue weighted by Crippen LogP contribution is 2.28. The van der Waals surface area contributed by atoms with Gasteiger partial charge in [0, 0.05) is 0 Å². The average Bonchev–Trinajstić information content (AvgIpc) is 3.15. The maximum atomic E-state index is 13.7. The van der Waals surface area contributed by atoms with E-state index in [2.05, 4.69) is 10.1 Å². The Morgan fingerprint density at radius 1 is 1.28 bits per heavy atom. The molecule has 3 aromatic rings. The standard InChI is InChI=1S/C18H21FN4O2/c1-12-7-8-15(25-12)17-20-18(23(21-17)9-10-24)16(22(2)3)13-5-4-6-14(19)11-13/h4-8,11,16,24H,9-10H2,1-3H3/t16-/m0/s1. The minimum Gasteiger partial charge on any atom is -0.458 e. The normalized spacial score (nSPS) is 12.7. The van der Waals surface area contributed by atoms with E-state index in [4.69, 9.17) is 4.42 Å². The molecule has 0 aliphatic heterocycles. The topological polar surface area (TPSA) is 67.3 Å². The predicted molar refractivity (Wildman–Crippen MR) is 91.5 cm³/mol. The van der Waals surface area contributed by atoms with Crippen LogP contribution in [0.1, 0.15) is 23.2 Å². The molecule has 25 heavy (non-hydrogen) atoms. The lowest BCUT2D eigenvalue weighted by Crippen LogP contribution is -2.25. The van der Waals surface area contributed by atoms with Gasteiger partial charge in [0.25, 0.3) is 0 Å². The molecule has 2 aromatic heterocycles. The first-order valence-electron chi connectivity index (χ1n) is 8.04. The molecule has 7 heteroatoms. The van der Waals surface area contributed by atoms with Crippen molar-refractivity contribution < 1.29 is 13.9 Å². The van der Waals surface area contributed by atoms with Crippen LogP contribution in [0, 0.1) is 12.7 Å². The van der Waals surface area contributed by atoms with Crippen molar-refractivity contribution in [1.82, 2.24) is 19.7 Å². The lowest BCUT2D eigenvalue weighted by Gasteiger charge is -2.24. The molecule has 6 nitrogen and oxygen atoms in total. The van der Waals surface area contributed by atoms with Crippen LogP contribution >= 0.6 is 0 Å². The quantitative estimate of drug-likeness (QED) is 0.744. The number of hydrogen-bond acceptors (Lipinski definition) is 5. The average molecular weight is 344 g/mol. The molecule has 132 valence electrons. The van der Waals surface area contributed by atoms with Crippen LogP contribution < -0.4 is 0 Å². The van der Waals surface area contributed by atoms with Crippen molar-refractivity contribution in [3.05, 3.63) is 59.4 Å². The number of rotatable bonds is 6. The first kappa shape index (κ1) is 17.3. The van der Waals surface area contributed by atoms with Gasteiger partial charge < -0.3 is 9.52 Å². The highest BCUT2D eigenvalue weighted by Gasteiger charge is 2.25. The fourth-order valence-corrected chi connectivity index (χ4v) is 2.83. The number of aromatic nitrogens is 3. The van der Waals surface area contributed by atoms with E-state index in [9.17, 15) is 9.50 Å². The molecule has 0 saturated heterocycles. The Labute approximate surface area is 145 Å². The third kappa shape index (κ3) is 3.62. The van der Waals surface area contributed by atoms with Crippen molar-refractivity contribution >= 4 is 0 Å². The van der Waals surface area contributed by atoms with E-state index in [0.29, 0.717) is 24.0 Å². The Morgan fingerprint density at radius 2 is 2.08 bits per heavy atom. The SMILES string of the molecule is Cc1ccc(-c2nc([C@H](c3cccc(F)c3)N(C)C)n(CCO)n2)o1. The molecule has 0 spiro atoms. The van der Waals surface area contributed by atoms with Crippen molar-refractivity contribution in [2.45, 2.75) is 19.5 Å². The summed E-state index contributed by atoms with van der Waals surface area (Å²) in [5, 5.41) is 13.8. The van der Waals surface area contributed by atoms with E-state index in [1.807, 2.05) is 44.1 Å². The molecule has 0 unspecified atom stereocenters. The van der Waals surface area contributed by atoms with Crippen LogP contribution in [-0.2, 0) is 6.54 Å². The summed E-state index contributed by atoms with van der Waals surface area (Å²) in [6.45, 7) is 2.07. The van der Waals surface area contributed by atoms with Crippen LogP contribution in [0.25, 0.3) is 11.6 Å². The number of aliphatic hydroxyl groups is 1. The molecule has 1 aromatic carbocycles. The maximum absolute atomic E-state index is 13.7. The molecule has 1 N–H and O–H groups in total. The number of aliphatic hydroxyl groups excluding tert-OH is 1. The molecule has 0 bridgehead atoms. The Morgan fingerprint density at radius 3 is 2.68 bits per heavy atom. The summed E-state index contributed by atoms with van der Waals surface area (Å²) in [5.41, 5.74) is 0.763. The molecule has 0 amide bonds. The monoisotopic (exact) mass is 344 g/mol. The molecule has 3 rings (SSSR count). The molecule has 2 heterocycles. The number of furan rings is 1. The first-order chi connectivity index (χ1) is 12.0. The minimum absolute atomic E-state index is 0.0731. The fraction of sp³-hybridized carbons (Fsp3) is 0.333. The zero-order valence-electron chi connectivity index (χ0n) is 14.5. The van der Waals surface area contributed by atoms with Gasteiger partial charge in [-0.1, -0.05) is 12.1 Å². The molecule has 0 aliphatic rings. The molecule has 0 fully saturated rings. The van der Waals surface area contributed by atoms with Gasteiger partial charge in [-0.15, -0.1) is 5.10 Å². The molecule has 0 radical (unpaired) electrons. The smallest absolute Gasteiger partial charge is 0.217 e. The van der Waals surface area contributed by atoms with Crippen molar-refractivity contribution in [1.29, 1.82) is 0 Å². The zero-order chi connectivity index (χ0) is 18.0. The van der Waals surface area contributed by atoms with Gasteiger partial charge in [0.05, 0.1) is 19.2 Å². The number of hydrogen-bond donors (Lipinski definition) is 1. The minimum atomic E-state index is -0.306. The van der Waals surface area contributed by atoms with Crippen LogP contribution in [0.5, 0.6) is 0 Å². The Bertz CT molecular complexity index is 856. The van der Waals surface area contributed by atoms with Gasteiger partial charge >= 0.3 is 0 Å². The number of nitrogens with zero attached hydrogens (tertiary/aromatic N) is 4. The third-order valence-electron chi connectivity index (χ3n) is 3.90. The Hall–Kier alpha value is -2.51. The van der Waals surface area contributed by atoms with Crippen LogP contribution in [-0.4, -0.2) is 45.5 Å². The first-order valence-corrected chi connectivity index (χ1v) is 8.04. The molecule has 0 aliphatic carbocycles.